The molecule has 0 spiro atoms. The maximum Gasteiger partial charge on any atom is 0.137 e. The van der Waals surface area contributed by atoms with E-state index in [0.29, 0.717) is 0 Å². The molecule has 0 aliphatic carbocycles. The van der Waals surface area contributed by atoms with Gasteiger partial charge in [0, 0.05) is 25.1 Å². The van der Waals surface area contributed by atoms with Gasteiger partial charge in [0.1, 0.15) is 11.5 Å². The predicted molar refractivity (Wildman–Crippen MR) is 97.4 cm³/mol. The molecule has 0 atom stereocenters. The van der Waals surface area contributed by atoms with E-state index >= 15 is 0 Å². The fraction of sp³-hybridized carbons (Fsp3) is 0.550. The molecule has 1 aromatic carbocycles. The van der Waals surface area contributed by atoms with Crippen molar-refractivity contribution < 1.29 is 14.0 Å². The Hall–Kier alpha value is -1.85. The molecule has 5 nitrogen and oxygen atoms in total. The third-order valence-electron chi connectivity index (χ3n) is 4.94. The Morgan fingerprint density at radius 2 is 2.00 bits per heavy atom. The number of methoxy groups -OCH3 is 1. The van der Waals surface area contributed by atoms with Crippen molar-refractivity contribution >= 4 is 0 Å². The van der Waals surface area contributed by atoms with Gasteiger partial charge in [0.15, 0.2) is 0 Å². The summed E-state index contributed by atoms with van der Waals surface area (Å²) in [5.41, 5.74) is 4.66. The van der Waals surface area contributed by atoms with E-state index < -0.39 is 0 Å². The molecule has 0 amide bonds. The van der Waals surface area contributed by atoms with Crippen molar-refractivity contribution in [2.24, 2.45) is 0 Å². The number of ether oxygens (including phenoxy) is 2. The van der Waals surface area contributed by atoms with E-state index in [4.69, 9.17) is 14.0 Å². The highest BCUT2D eigenvalue weighted by Crippen LogP contribution is 2.26. The molecule has 0 bridgehead atoms. The summed E-state index contributed by atoms with van der Waals surface area (Å²) in [5.74, 6) is 1.81. The quantitative estimate of drug-likeness (QED) is 0.772. The van der Waals surface area contributed by atoms with E-state index in [1.54, 1.807) is 7.11 Å². The summed E-state index contributed by atoms with van der Waals surface area (Å²) in [7, 11) is 1.73. The third-order valence-corrected chi connectivity index (χ3v) is 4.94. The first-order valence-corrected chi connectivity index (χ1v) is 9.05. The van der Waals surface area contributed by atoms with E-state index in [1.807, 2.05) is 13.8 Å². The standard InChI is InChI=1S/C20H28N2O3/c1-15-19(16(2)25-21-15)14-18-13-17(6-7-20(18)23-3)5-4-8-22-9-11-24-12-10-22/h6-7,13H,4-5,8-12,14H2,1-3H3. The number of aryl methyl sites for hydroxylation is 3. The molecule has 1 aliphatic heterocycles. The molecule has 0 N–H and O–H groups in total. The Kier molecular flexibility index (Phi) is 6.10. The number of nitrogens with zero attached hydrogens (tertiary/aromatic N) is 2. The minimum atomic E-state index is 0.793. The van der Waals surface area contributed by atoms with E-state index in [2.05, 4.69) is 28.3 Å². The van der Waals surface area contributed by atoms with Gasteiger partial charge in [-0.1, -0.05) is 17.3 Å². The van der Waals surface area contributed by atoms with Crippen LogP contribution >= 0.6 is 0 Å². The molecule has 2 heterocycles. The molecule has 136 valence electrons. The Bertz CT molecular complexity index is 671. The molecule has 3 rings (SSSR count). The molecule has 2 aromatic rings. The van der Waals surface area contributed by atoms with Crippen LogP contribution in [0.3, 0.4) is 0 Å². The van der Waals surface area contributed by atoms with Crippen LogP contribution in [0.1, 0.15) is 34.6 Å². The number of aromatic nitrogens is 1. The van der Waals surface area contributed by atoms with E-state index in [0.717, 1.165) is 74.9 Å². The van der Waals surface area contributed by atoms with Crippen molar-refractivity contribution in [2.75, 3.05) is 40.0 Å². The topological polar surface area (TPSA) is 47.7 Å². The van der Waals surface area contributed by atoms with Crippen LogP contribution in [0, 0.1) is 13.8 Å². The first kappa shape index (κ1) is 18.0. The van der Waals surface area contributed by atoms with E-state index in [1.165, 1.54) is 11.1 Å². The van der Waals surface area contributed by atoms with Gasteiger partial charge in [-0.3, -0.25) is 4.90 Å². The smallest absolute Gasteiger partial charge is 0.137 e. The lowest BCUT2D eigenvalue weighted by Crippen LogP contribution is -2.36. The fourth-order valence-corrected chi connectivity index (χ4v) is 3.40. The minimum Gasteiger partial charge on any atom is -0.496 e. The number of morpholine rings is 1. The number of hydrogen-bond donors (Lipinski definition) is 0. The molecule has 25 heavy (non-hydrogen) atoms. The van der Waals surface area contributed by atoms with E-state index in [-0.39, 0.29) is 0 Å². The van der Waals surface area contributed by atoms with Crippen LogP contribution < -0.4 is 4.74 Å². The van der Waals surface area contributed by atoms with Crippen molar-refractivity contribution in [3.63, 3.8) is 0 Å². The van der Waals surface area contributed by atoms with Gasteiger partial charge in [0.25, 0.3) is 0 Å². The molecular formula is C20H28N2O3. The molecule has 1 saturated heterocycles. The van der Waals surface area contributed by atoms with Crippen molar-refractivity contribution in [3.8, 4) is 5.75 Å². The summed E-state index contributed by atoms with van der Waals surface area (Å²) >= 11 is 0. The first-order chi connectivity index (χ1) is 12.2. The van der Waals surface area contributed by atoms with Crippen LogP contribution in [0.15, 0.2) is 22.7 Å². The molecule has 0 radical (unpaired) electrons. The summed E-state index contributed by atoms with van der Waals surface area (Å²) in [5, 5.41) is 4.06. The SMILES string of the molecule is COc1ccc(CCCN2CCOCC2)cc1Cc1c(C)noc1C. The second-order valence-electron chi connectivity index (χ2n) is 6.68. The normalized spacial score (nSPS) is 15.5. The van der Waals surface area contributed by atoms with Gasteiger partial charge in [-0.05, 0) is 50.4 Å². The summed E-state index contributed by atoms with van der Waals surface area (Å²) in [6.45, 7) is 8.93. The average Bonchev–Trinajstić information content (AvgIpc) is 2.95. The van der Waals surface area contributed by atoms with Crippen molar-refractivity contribution in [1.82, 2.24) is 10.1 Å². The lowest BCUT2D eigenvalue weighted by atomic mass is 9.99. The zero-order valence-corrected chi connectivity index (χ0v) is 15.5. The summed E-state index contributed by atoms with van der Waals surface area (Å²) in [4.78, 5) is 2.48. The van der Waals surface area contributed by atoms with Crippen LogP contribution in [0.4, 0.5) is 0 Å². The Morgan fingerprint density at radius 1 is 1.20 bits per heavy atom. The van der Waals surface area contributed by atoms with Crippen LogP contribution in [0.5, 0.6) is 5.75 Å². The number of rotatable bonds is 7. The Labute approximate surface area is 149 Å². The van der Waals surface area contributed by atoms with Crippen LogP contribution in [-0.2, 0) is 17.6 Å². The van der Waals surface area contributed by atoms with E-state index in [9.17, 15) is 0 Å². The zero-order chi connectivity index (χ0) is 17.6. The molecule has 1 fully saturated rings. The number of benzene rings is 1. The lowest BCUT2D eigenvalue weighted by Gasteiger charge is -2.26. The maximum atomic E-state index is 5.56. The van der Waals surface area contributed by atoms with Crippen molar-refractivity contribution in [2.45, 2.75) is 33.1 Å². The second kappa shape index (κ2) is 8.50. The van der Waals surface area contributed by atoms with Crippen LogP contribution in [0.2, 0.25) is 0 Å². The van der Waals surface area contributed by atoms with Gasteiger partial charge in [0.05, 0.1) is 26.0 Å². The summed E-state index contributed by atoms with van der Waals surface area (Å²) < 4.78 is 16.3. The zero-order valence-electron chi connectivity index (χ0n) is 15.5. The second-order valence-corrected chi connectivity index (χ2v) is 6.68. The average molecular weight is 344 g/mol. The molecule has 0 unspecified atom stereocenters. The molecule has 1 aromatic heterocycles. The van der Waals surface area contributed by atoms with Gasteiger partial charge >= 0.3 is 0 Å². The maximum absolute atomic E-state index is 5.56. The highest BCUT2D eigenvalue weighted by Gasteiger charge is 2.14. The Balaban J connectivity index is 1.65. The summed E-state index contributed by atoms with van der Waals surface area (Å²) in [6, 6.07) is 6.52. The fourth-order valence-electron chi connectivity index (χ4n) is 3.40. The Morgan fingerprint density at radius 3 is 2.68 bits per heavy atom. The van der Waals surface area contributed by atoms with Crippen LogP contribution in [0.25, 0.3) is 0 Å². The molecule has 0 saturated carbocycles. The molecule has 1 aliphatic rings. The van der Waals surface area contributed by atoms with Gasteiger partial charge in [-0.15, -0.1) is 0 Å². The molecular weight excluding hydrogens is 316 g/mol. The third kappa shape index (κ3) is 4.61. The number of hydrogen-bond acceptors (Lipinski definition) is 5. The summed E-state index contributed by atoms with van der Waals surface area (Å²) in [6.07, 6.45) is 3.04. The highest BCUT2D eigenvalue weighted by molar-refractivity contribution is 5.41. The minimum absolute atomic E-state index is 0.793. The monoisotopic (exact) mass is 344 g/mol. The largest absolute Gasteiger partial charge is 0.496 e. The predicted octanol–water partition coefficient (Wildman–Crippen LogP) is 3.16. The van der Waals surface area contributed by atoms with Crippen molar-refractivity contribution in [1.29, 1.82) is 0 Å². The molecule has 5 heteroatoms. The van der Waals surface area contributed by atoms with Gasteiger partial charge in [0.2, 0.25) is 0 Å². The first-order valence-electron chi connectivity index (χ1n) is 9.05. The van der Waals surface area contributed by atoms with Crippen molar-refractivity contribution in [3.05, 3.63) is 46.3 Å². The van der Waals surface area contributed by atoms with Gasteiger partial charge < -0.3 is 14.0 Å². The highest BCUT2D eigenvalue weighted by atomic mass is 16.5. The van der Waals surface area contributed by atoms with Crippen LogP contribution in [-0.4, -0.2) is 50.0 Å². The lowest BCUT2D eigenvalue weighted by molar-refractivity contribution is 0.0374. The van der Waals surface area contributed by atoms with Gasteiger partial charge in [-0.25, -0.2) is 0 Å². The van der Waals surface area contributed by atoms with Gasteiger partial charge in [-0.2, -0.15) is 0 Å².